The van der Waals surface area contributed by atoms with Crippen molar-refractivity contribution in [2.75, 3.05) is 0 Å². The summed E-state index contributed by atoms with van der Waals surface area (Å²) in [5.74, 6) is -0.135. The summed E-state index contributed by atoms with van der Waals surface area (Å²) < 4.78 is 0. The van der Waals surface area contributed by atoms with E-state index < -0.39 is 11.6 Å². The molecule has 1 aliphatic rings. The van der Waals surface area contributed by atoms with E-state index in [1.165, 1.54) is 0 Å². The third kappa shape index (κ3) is 3.66. The van der Waals surface area contributed by atoms with E-state index in [1.807, 2.05) is 0 Å². The van der Waals surface area contributed by atoms with Gasteiger partial charge in [0.25, 0.3) is 0 Å². The summed E-state index contributed by atoms with van der Waals surface area (Å²) in [6.45, 7) is 2.20. The van der Waals surface area contributed by atoms with Gasteiger partial charge < -0.3 is 10.2 Å². The lowest BCUT2D eigenvalue weighted by atomic mass is 9.89. The first-order valence-electron chi connectivity index (χ1n) is 5.46. The van der Waals surface area contributed by atoms with Gasteiger partial charge in [-0.05, 0) is 31.6 Å². The SMILES string of the molecule is CC1CCCC(O)(CCC(=O)O)CC1. The maximum atomic E-state index is 10.4. The van der Waals surface area contributed by atoms with Crippen LogP contribution in [0.5, 0.6) is 0 Å². The van der Waals surface area contributed by atoms with Gasteiger partial charge in [0.05, 0.1) is 5.60 Å². The van der Waals surface area contributed by atoms with Gasteiger partial charge in [-0.3, -0.25) is 4.79 Å². The number of carboxylic acid groups (broad SMARTS) is 1. The van der Waals surface area contributed by atoms with Crippen LogP contribution in [0, 0.1) is 5.92 Å². The summed E-state index contributed by atoms with van der Waals surface area (Å²) in [5, 5.41) is 18.7. The average Bonchev–Trinajstić information content (AvgIpc) is 2.27. The molecule has 0 aromatic carbocycles. The fourth-order valence-corrected chi connectivity index (χ4v) is 2.15. The van der Waals surface area contributed by atoms with Gasteiger partial charge in [0.2, 0.25) is 0 Å². The van der Waals surface area contributed by atoms with Crippen molar-refractivity contribution in [2.45, 2.75) is 57.5 Å². The molecule has 3 heteroatoms. The van der Waals surface area contributed by atoms with Gasteiger partial charge in [-0.1, -0.05) is 19.8 Å². The van der Waals surface area contributed by atoms with E-state index in [-0.39, 0.29) is 6.42 Å². The lowest BCUT2D eigenvalue weighted by Gasteiger charge is -2.25. The molecule has 0 aromatic rings. The first kappa shape index (κ1) is 11.5. The highest BCUT2D eigenvalue weighted by molar-refractivity contribution is 5.66. The monoisotopic (exact) mass is 200 g/mol. The number of hydrogen-bond acceptors (Lipinski definition) is 2. The molecule has 1 aliphatic carbocycles. The van der Waals surface area contributed by atoms with Crippen LogP contribution in [0.2, 0.25) is 0 Å². The van der Waals surface area contributed by atoms with E-state index in [2.05, 4.69) is 6.92 Å². The van der Waals surface area contributed by atoms with Gasteiger partial charge >= 0.3 is 5.97 Å². The highest BCUT2D eigenvalue weighted by Crippen LogP contribution is 2.33. The van der Waals surface area contributed by atoms with Crippen molar-refractivity contribution in [1.82, 2.24) is 0 Å². The number of rotatable bonds is 3. The quantitative estimate of drug-likeness (QED) is 0.686. The largest absolute Gasteiger partial charge is 0.481 e. The summed E-state index contributed by atoms with van der Waals surface area (Å²) >= 11 is 0. The molecule has 0 saturated heterocycles. The molecule has 0 heterocycles. The molecule has 2 N–H and O–H groups in total. The van der Waals surface area contributed by atoms with Crippen LogP contribution < -0.4 is 0 Å². The third-order valence-corrected chi connectivity index (χ3v) is 3.25. The minimum atomic E-state index is -0.810. The van der Waals surface area contributed by atoms with Crippen LogP contribution in [0.3, 0.4) is 0 Å². The van der Waals surface area contributed by atoms with E-state index >= 15 is 0 Å². The molecular weight excluding hydrogens is 180 g/mol. The summed E-state index contributed by atoms with van der Waals surface area (Å²) in [4.78, 5) is 10.4. The maximum absolute atomic E-state index is 10.4. The van der Waals surface area contributed by atoms with E-state index in [0.29, 0.717) is 12.3 Å². The number of aliphatic carboxylic acids is 1. The molecule has 1 fully saturated rings. The molecule has 1 saturated carbocycles. The fourth-order valence-electron chi connectivity index (χ4n) is 2.15. The fraction of sp³-hybridized carbons (Fsp3) is 0.909. The molecule has 3 nitrogen and oxygen atoms in total. The molecule has 0 aliphatic heterocycles. The lowest BCUT2D eigenvalue weighted by molar-refractivity contribution is -0.138. The zero-order valence-corrected chi connectivity index (χ0v) is 8.83. The second-order valence-corrected chi connectivity index (χ2v) is 4.65. The predicted octanol–water partition coefficient (Wildman–Crippen LogP) is 2.18. The molecule has 0 bridgehead atoms. The number of hydrogen-bond donors (Lipinski definition) is 2. The molecule has 0 aromatic heterocycles. The Kier molecular flexibility index (Phi) is 3.93. The Morgan fingerprint density at radius 3 is 2.79 bits per heavy atom. The standard InChI is InChI=1S/C11H20O3/c1-9-3-2-6-11(14,7-4-9)8-5-10(12)13/h9,14H,2-8H2,1H3,(H,12,13). The molecule has 1 rings (SSSR count). The average molecular weight is 200 g/mol. The third-order valence-electron chi connectivity index (χ3n) is 3.25. The second kappa shape index (κ2) is 4.78. The van der Waals surface area contributed by atoms with Crippen molar-refractivity contribution in [3.05, 3.63) is 0 Å². The topological polar surface area (TPSA) is 57.5 Å². The minimum Gasteiger partial charge on any atom is -0.481 e. The van der Waals surface area contributed by atoms with E-state index in [1.54, 1.807) is 0 Å². The van der Waals surface area contributed by atoms with Crippen LogP contribution in [0.4, 0.5) is 0 Å². The summed E-state index contributed by atoms with van der Waals surface area (Å²) in [5.41, 5.74) is -0.705. The second-order valence-electron chi connectivity index (χ2n) is 4.65. The zero-order valence-electron chi connectivity index (χ0n) is 8.83. The Hall–Kier alpha value is -0.570. The minimum absolute atomic E-state index is 0.0882. The summed E-state index contributed by atoms with van der Waals surface area (Å²) in [6, 6.07) is 0. The van der Waals surface area contributed by atoms with Crippen molar-refractivity contribution in [3.8, 4) is 0 Å². The van der Waals surface area contributed by atoms with Crippen LogP contribution >= 0.6 is 0 Å². The molecule has 0 radical (unpaired) electrons. The van der Waals surface area contributed by atoms with Crippen molar-refractivity contribution in [3.63, 3.8) is 0 Å². The summed E-state index contributed by atoms with van der Waals surface area (Å²) in [6.07, 6.45) is 5.24. The Bertz CT molecular complexity index is 203. The van der Waals surface area contributed by atoms with Gasteiger partial charge in [-0.25, -0.2) is 0 Å². The summed E-state index contributed by atoms with van der Waals surface area (Å²) in [7, 11) is 0. The number of carboxylic acids is 1. The van der Waals surface area contributed by atoms with Crippen LogP contribution in [0.15, 0.2) is 0 Å². The van der Waals surface area contributed by atoms with E-state index in [4.69, 9.17) is 5.11 Å². The molecule has 82 valence electrons. The number of aliphatic hydroxyl groups is 1. The van der Waals surface area contributed by atoms with Gasteiger partial charge in [0.15, 0.2) is 0 Å². The Labute approximate surface area is 85.1 Å². The Morgan fingerprint density at radius 1 is 1.43 bits per heavy atom. The van der Waals surface area contributed by atoms with E-state index in [0.717, 1.165) is 32.1 Å². The maximum Gasteiger partial charge on any atom is 0.303 e. The van der Waals surface area contributed by atoms with Crippen molar-refractivity contribution in [2.24, 2.45) is 5.92 Å². The Balaban J connectivity index is 2.42. The van der Waals surface area contributed by atoms with Crippen molar-refractivity contribution >= 4 is 5.97 Å². The molecular formula is C11H20O3. The highest BCUT2D eigenvalue weighted by Gasteiger charge is 2.29. The highest BCUT2D eigenvalue weighted by atomic mass is 16.4. The first-order chi connectivity index (χ1) is 6.52. The molecule has 0 spiro atoms. The molecule has 14 heavy (non-hydrogen) atoms. The zero-order chi connectivity index (χ0) is 10.6. The van der Waals surface area contributed by atoms with Gasteiger partial charge in [0, 0.05) is 6.42 Å². The van der Waals surface area contributed by atoms with Gasteiger partial charge in [-0.2, -0.15) is 0 Å². The predicted molar refractivity (Wildman–Crippen MR) is 54.1 cm³/mol. The molecule has 0 amide bonds. The van der Waals surface area contributed by atoms with Crippen molar-refractivity contribution in [1.29, 1.82) is 0 Å². The van der Waals surface area contributed by atoms with Crippen LogP contribution in [0.1, 0.15) is 51.9 Å². The van der Waals surface area contributed by atoms with Crippen LogP contribution in [0.25, 0.3) is 0 Å². The lowest BCUT2D eigenvalue weighted by Crippen LogP contribution is -2.28. The van der Waals surface area contributed by atoms with E-state index in [9.17, 15) is 9.90 Å². The number of carbonyl (C=O) groups is 1. The van der Waals surface area contributed by atoms with Gasteiger partial charge in [0.1, 0.15) is 0 Å². The normalized spacial score (nSPS) is 33.7. The van der Waals surface area contributed by atoms with Crippen molar-refractivity contribution < 1.29 is 15.0 Å². The first-order valence-corrected chi connectivity index (χ1v) is 5.46. The van der Waals surface area contributed by atoms with Crippen LogP contribution in [-0.2, 0) is 4.79 Å². The molecule has 2 atom stereocenters. The molecule has 2 unspecified atom stereocenters. The van der Waals surface area contributed by atoms with Gasteiger partial charge in [-0.15, -0.1) is 0 Å². The smallest absolute Gasteiger partial charge is 0.303 e. The van der Waals surface area contributed by atoms with Crippen LogP contribution in [-0.4, -0.2) is 21.8 Å². The Morgan fingerprint density at radius 2 is 2.14 bits per heavy atom.